The minimum absolute atomic E-state index is 0.127. The Kier molecular flexibility index (Phi) is 7.23. The van der Waals surface area contributed by atoms with E-state index in [1.165, 1.54) is 0 Å². The smallest absolute Gasteiger partial charge is 0.256 e. The summed E-state index contributed by atoms with van der Waals surface area (Å²) in [7, 11) is 3.09. The maximum Gasteiger partial charge on any atom is 0.256 e. The van der Waals surface area contributed by atoms with Crippen molar-refractivity contribution in [1.82, 2.24) is 14.4 Å². The van der Waals surface area contributed by atoms with E-state index in [1.54, 1.807) is 62.2 Å². The molecule has 0 spiro atoms. The molecular weight excluding hydrogens is 474 g/mol. The maximum atomic E-state index is 12.4. The summed E-state index contributed by atoms with van der Waals surface area (Å²) in [6.07, 6.45) is 3.24. The van der Waals surface area contributed by atoms with Gasteiger partial charge >= 0.3 is 0 Å². The second-order valence-electron chi connectivity index (χ2n) is 8.16. The number of aromatic nitrogens is 3. The van der Waals surface area contributed by atoms with Crippen molar-refractivity contribution in [3.63, 3.8) is 0 Å². The number of nitrogens with zero attached hydrogens (tertiary/aromatic N) is 3. The fourth-order valence-electron chi connectivity index (χ4n) is 3.62. The first-order valence-corrected chi connectivity index (χ1v) is 11.3. The number of anilines is 4. The molecule has 4 aromatic rings. The van der Waals surface area contributed by atoms with Gasteiger partial charge in [-0.1, -0.05) is 18.7 Å². The van der Waals surface area contributed by atoms with Gasteiger partial charge in [0.2, 0.25) is 5.95 Å². The molecule has 0 saturated heterocycles. The number of nitrogens with two attached hydrogens (primary N) is 1. The number of carbonyl (C=O) groups excluding carboxylic acids is 2. The van der Waals surface area contributed by atoms with Crippen molar-refractivity contribution in [2.24, 2.45) is 5.73 Å². The number of rotatable bonds is 10. The third kappa shape index (κ3) is 5.61. The number of fused-ring (bicyclic) bond motifs is 1. The predicted octanol–water partition coefficient (Wildman–Crippen LogP) is 3.72. The van der Waals surface area contributed by atoms with Crippen LogP contribution in [0.1, 0.15) is 22.8 Å². The first-order chi connectivity index (χ1) is 17.8. The van der Waals surface area contributed by atoms with Crippen LogP contribution >= 0.6 is 0 Å². The van der Waals surface area contributed by atoms with Crippen molar-refractivity contribution in [3.05, 3.63) is 78.1 Å². The summed E-state index contributed by atoms with van der Waals surface area (Å²) >= 11 is 0. The number of amides is 2. The van der Waals surface area contributed by atoms with E-state index >= 15 is 0 Å². The zero-order chi connectivity index (χ0) is 26.5. The number of nitrogens with one attached hydrogen (secondary N) is 3. The van der Waals surface area contributed by atoms with Gasteiger partial charge in [-0.15, -0.1) is 0 Å². The van der Waals surface area contributed by atoms with Gasteiger partial charge in [0, 0.05) is 54.1 Å². The molecule has 0 fully saturated rings. The highest BCUT2D eigenvalue weighted by Gasteiger charge is 2.20. The van der Waals surface area contributed by atoms with Gasteiger partial charge in [0.25, 0.3) is 11.8 Å². The Hall–Kier alpha value is -5.06. The lowest BCUT2D eigenvalue weighted by Crippen LogP contribution is -2.18. The van der Waals surface area contributed by atoms with Crippen LogP contribution in [0, 0.1) is 0 Å². The van der Waals surface area contributed by atoms with Gasteiger partial charge in [0.15, 0.2) is 11.5 Å². The summed E-state index contributed by atoms with van der Waals surface area (Å²) in [5, 5.41) is 9.22. The average Bonchev–Trinajstić information content (AvgIpc) is 3.36. The minimum Gasteiger partial charge on any atom is -0.497 e. The van der Waals surface area contributed by atoms with E-state index in [4.69, 9.17) is 15.2 Å². The van der Waals surface area contributed by atoms with Crippen LogP contribution in [0.4, 0.5) is 23.1 Å². The summed E-state index contributed by atoms with van der Waals surface area (Å²) in [6, 6.07) is 12.6. The zero-order valence-corrected chi connectivity index (χ0v) is 20.7. The molecule has 2 aromatic carbocycles. The molecule has 11 nitrogen and oxygen atoms in total. The van der Waals surface area contributed by atoms with Gasteiger partial charge in [0.1, 0.15) is 17.1 Å². The second kappa shape index (κ2) is 10.7. The molecule has 2 aromatic heterocycles. The van der Waals surface area contributed by atoms with E-state index in [0.29, 0.717) is 46.6 Å². The van der Waals surface area contributed by atoms with Gasteiger partial charge in [-0.3, -0.25) is 14.0 Å². The molecule has 4 rings (SSSR count). The molecule has 0 radical (unpaired) electrons. The summed E-state index contributed by atoms with van der Waals surface area (Å²) in [6.45, 7) is 5.68. The molecule has 0 aliphatic rings. The van der Waals surface area contributed by atoms with Gasteiger partial charge in [-0.05, 0) is 24.6 Å². The molecule has 0 aliphatic carbocycles. The molecular formula is C26H27N7O4. The van der Waals surface area contributed by atoms with Gasteiger partial charge in [-0.2, -0.15) is 4.98 Å². The van der Waals surface area contributed by atoms with Crippen LogP contribution in [0.2, 0.25) is 0 Å². The molecule has 37 heavy (non-hydrogen) atoms. The van der Waals surface area contributed by atoms with Crippen LogP contribution in [-0.2, 0) is 11.3 Å². The molecule has 0 atom stereocenters. The highest BCUT2D eigenvalue weighted by molar-refractivity contribution is 6.04. The fraction of sp³-hybridized carbons (Fsp3) is 0.154. The Morgan fingerprint density at radius 3 is 2.46 bits per heavy atom. The topological polar surface area (TPSA) is 145 Å². The number of hydrogen-bond donors (Lipinski definition) is 4. The van der Waals surface area contributed by atoms with Crippen LogP contribution in [0.5, 0.6) is 11.5 Å². The van der Waals surface area contributed by atoms with E-state index in [1.807, 2.05) is 18.2 Å². The highest BCUT2D eigenvalue weighted by Crippen LogP contribution is 2.30. The Morgan fingerprint density at radius 1 is 1.08 bits per heavy atom. The van der Waals surface area contributed by atoms with E-state index in [0.717, 1.165) is 5.56 Å². The number of hydrogen-bond acceptors (Lipinski definition) is 8. The Balaban J connectivity index is 1.67. The predicted molar refractivity (Wildman–Crippen MR) is 142 cm³/mol. The average molecular weight is 502 g/mol. The van der Waals surface area contributed by atoms with Crippen LogP contribution in [-0.4, -0.2) is 40.4 Å². The quantitative estimate of drug-likeness (QED) is 0.241. The largest absolute Gasteiger partial charge is 0.497 e. The molecule has 0 aliphatic heterocycles. The SMILES string of the molecule is C=C(C)C(=O)Nc1cccc(CNc2nc(Nc3cc(OC)cc(OC)c3)c(C(N)=O)c3nccn23)c1. The lowest BCUT2D eigenvalue weighted by atomic mass is 10.2. The van der Waals surface area contributed by atoms with Crippen molar-refractivity contribution >= 4 is 40.6 Å². The van der Waals surface area contributed by atoms with E-state index in [2.05, 4.69) is 32.5 Å². The van der Waals surface area contributed by atoms with E-state index in [9.17, 15) is 9.59 Å². The summed E-state index contributed by atoms with van der Waals surface area (Å²) in [5.41, 5.74) is 8.71. The lowest BCUT2D eigenvalue weighted by molar-refractivity contribution is -0.112. The molecule has 0 saturated carbocycles. The second-order valence-corrected chi connectivity index (χ2v) is 8.16. The third-order valence-corrected chi connectivity index (χ3v) is 5.43. The number of benzene rings is 2. The number of carbonyl (C=O) groups is 2. The number of primary amides is 1. The monoisotopic (exact) mass is 501 g/mol. The Morgan fingerprint density at radius 2 is 1.81 bits per heavy atom. The number of methoxy groups -OCH3 is 2. The summed E-state index contributed by atoms with van der Waals surface area (Å²) in [5.74, 6) is 0.813. The standard InChI is InChI=1S/C26H27N7O4/c1-15(2)25(35)31-17-7-5-6-16(10-17)14-29-26-32-23(21(22(27)34)24-28-8-9-33(24)26)30-18-11-19(36-3)13-20(12-18)37-4/h5-13,30H,1,14H2,2-4H3,(H2,27,34)(H,29,32)(H,31,35). The highest BCUT2D eigenvalue weighted by atomic mass is 16.5. The summed E-state index contributed by atoms with van der Waals surface area (Å²) in [4.78, 5) is 33.4. The third-order valence-electron chi connectivity index (χ3n) is 5.43. The van der Waals surface area contributed by atoms with Crippen LogP contribution in [0.15, 0.2) is 67.0 Å². The van der Waals surface area contributed by atoms with Crippen LogP contribution < -0.4 is 31.2 Å². The van der Waals surface area contributed by atoms with Crippen molar-refractivity contribution < 1.29 is 19.1 Å². The van der Waals surface area contributed by atoms with Crippen molar-refractivity contribution in [2.75, 3.05) is 30.2 Å². The number of ether oxygens (including phenoxy) is 2. The first-order valence-electron chi connectivity index (χ1n) is 11.3. The van der Waals surface area contributed by atoms with Gasteiger partial charge in [0.05, 0.1) is 14.2 Å². The molecule has 11 heteroatoms. The normalized spacial score (nSPS) is 10.6. The maximum absolute atomic E-state index is 12.4. The first kappa shape index (κ1) is 25.0. The van der Waals surface area contributed by atoms with Gasteiger partial charge < -0.3 is 31.2 Å². The Labute approximate surface area is 213 Å². The number of imidazole rings is 1. The van der Waals surface area contributed by atoms with E-state index < -0.39 is 5.91 Å². The molecule has 190 valence electrons. The molecule has 0 bridgehead atoms. The fourth-order valence-corrected chi connectivity index (χ4v) is 3.62. The van der Waals surface area contributed by atoms with Crippen LogP contribution in [0.25, 0.3) is 5.65 Å². The summed E-state index contributed by atoms with van der Waals surface area (Å²) < 4.78 is 12.3. The van der Waals surface area contributed by atoms with Gasteiger partial charge in [-0.25, -0.2) is 4.98 Å². The Bertz CT molecular complexity index is 1470. The minimum atomic E-state index is -0.687. The van der Waals surface area contributed by atoms with Crippen molar-refractivity contribution in [2.45, 2.75) is 13.5 Å². The van der Waals surface area contributed by atoms with Crippen molar-refractivity contribution in [1.29, 1.82) is 0 Å². The van der Waals surface area contributed by atoms with Crippen molar-refractivity contribution in [3.8, 4) is 11.5 Å². The van der Waals surface area contributed by atoms with Crippen LogP contribution in [0.3, 0.4) is 0 Å². The molecule has 0 unspecified atom stereocenters. The zero-order valence-electron chi connectivity index (χ0n) is 20.7. The molecule has 2 amide bonds. The molecule has 5 N–H and O–H groups in total. The lowest BCUT2D eigenvalue weighted by Gasteiger charge is -2.16. The molecule has 2 heterocycles. The van der Waals surface area contributed by atoms with E-state index in [-0.39, 0.29) is 17.3 Å².